The molecular formula is C23H28N4O. The Morgan fingerprint density at radius 3 is 2.57 bits per heavy atom. The van der Waals surface area contributed by atoms with Crippen LogP contribution in [0.15, 0.2) is 48.8 Å². The zero-order chi connectivity index (χ0) is 19.5. The van der Waals surface area contributed by atoms with E-state index in [1.54, 1.807) is 0 Å². The van der Waals surface area contributed by atoms with Crippen molar-refractivity contribution in [3.63, 3.8) is 0 Å². The number of aryl methyl sites for hydroxylation is 2. The van der Waals surface area contributed by atoms with E-state index in [1.807, 2.05) is 41.6 Å². The molecule has 1 aliphatic heterocycles. The van der Waals surface area contributed by atoms with Crippen LogP contribution in [0, 0.1) is 19.8 Å². The zero-order valence-electron chi connectivity index (χ0n) is 16.7. The van der Waals surface area contributed by atoms with Gasteiger partial charge in [0.1, 0.15) is 0 Å². The maximum atomic E-state index is 12.4. The number of nitrogens with one attached hydrogen (secondary N) is 1. The molecule has 5 heteroatoms. The fraction of sp³-hybridized carbons (Fsp3) is 0.391. The van der Waals surface area contributed by atoms with Gasteiger partial charge in [-0.3, -0.25) is 0 Å². The molecule has 28 heavy (non-hydrogen) atoms. The van der Waals surface area contributed by atoms with Crippen molar-refractivity contribution in [2.45, 2.75) is 39.8 Å². The summed E-state index contributed by atoms with van der Waals surface area (Å²) in [6.45, 7) is 7.47. The number of imidazole rings is 1. The molecule has 0 bridgehead atoms. The molecule has 1 aromatic heterocycles. The van der Waals surface area contributed by atoms with Crippen LogP contribution in [0.4, 0.5) is 4.79 Å². The van der Waals surface area contributed by atoms with Gasteiger partial charge in [-0.1, -0.05) is 30.3 Å². The molecule has 5 nitrogen and oxygen atoms in total. The second kappa shape index (κ2) is 8.05. The van der Waals surface area contributed by atoms with E-state index in [1.165, 1.54) is 16.6 Å². The molecule has 0 unspecified atom stereocenters. The van der Waals surface area contributed by atoms with Crippen LogP contribution in [0.25, 0.3) is 11.0 Å². The van der Waals surface area contributed by atoms with Gasteiger partial charge in [0.2, 0.25) is 0 Å². The first-order valence-electron chi connectivity index (χ1n) is 10.1. The fourth-order valence-corrected chi connectivity index (χ4v) is 3.94. The Bertz CT molecular complexity index is 955. The van der Waals surface area contributed by atoms with Crippen LogP contribution in [0.2, 0.25) is 0 Å². The number of piperidine rings is 1. The van der Waals surface area contributed by atoms with Gasteiger partial charge < -0.3 is 14.8 Å². The average Bonchev–Trinajstić information content (AvgIpc) is 3.09. The monoisotopic (exact) mass is 376 g/mol. The second-order valence-corrected chi connectivity index (χ2v) is 7.90. The van der Waals surface area contributed by atoms with Gasteiger partial charge in [0.15, 0.2) is 0 Å². The number of fused-ring (bicyclic) bond motifs is 1. The molecule has 0 spiro atoms. The number of urea groups is 1. The van der Waals surface area contributed by atoms with E-state index in [2.05, 4.69) is 40.8 Å². The second-order valence-electron chi connectivity index (χ2n) is 7.90. The van der Waals surface area contributed by atoms with Gasteiger partial charge in [0.05, 0.1) is 17.4 Å². The Labute approximate surface area is 166 Å². The van der Waals surface area contributed by atoms with Crippen LogP contribution in [0.3, 0.4) is 0 Å². The number of benzene rings is 2. The van der Waals surface area contributed by atoms with Crippen LogP contribution >= 0.6 is 0 Å². The lowest BCUT2D eigenvalue weighted by Crippen LogP contribution is -2.44. The van der Waals surface area contributed by atoms with Crippen LogP contribution < -0.4 is 5.32 Å². The van der Waals surface area contributed by atoms with Gasteiger partial charge in [0, 0.05) is 26.2 Å². The van der Waals surface area contributed by atoms with Crippen LogP contribution in [0.5, 0.6) is 0 Å². The Morgan fingerprint density at radius 1 is 1.11 bits per heavy atom. The van der Waals surface area contributed by atoms with E-state index in [9.17, 15) is 4.79 Å². The SMILES string of the molecule is Cc1cc2ncn(CC3CCN(C(=O)NCc4ccccc4)CC3)c2cc1C. The molecule has 0 aliphatic carbocycles. The molecule has 0 atom stereocenters. The molecular weight excluding hydrogens is 348 g/mol. The number of rotatable bonds is 4. The van der Waals surface area contributed by atoms with Gasteiger partial charge in [-0.05, 0) is 61.4 Å². The number of nitrogens with zero attached hydrogens (tertiary/aromatic N) is 3. The van der Waals surface area contributed by atoms with Crippen molar-refractivity contribution in [1.82, 2.24) is 19.8 Å². The molecule has 1 fully saturated rings. The largest absolute Gasteiger partial charge is 0.334 e. The van der Waals surface area contributed by atoms with Crippen LogP contribution in [0.1, 0.15) is 29.5 Å². The normalized spacial score (nSPS) is 15.1. The van der Waals surface area contributed by atoms with Crippen molar-refractivity contribution in [1.29, 1.82) is 0 Å². The molecule has 146 valence electrons. The van der Waals surface area contributed by atoms with Crippen molar-refractivity contribution in [2.75, 3.05) is 13.1 Å². The van der Waals surface area contributed by atoms with Crippen molar-refractivity contribution < 1.29 is 4.79 Å². The highest BCUT2D eigenvalue weighted by atomic mass is 16.2. The third kappa shape index (κ3) is 4.03. The first-order chi connectivity index (χ1) is 13.6. The smallest absolute Gasteiger partial charge is 0.317 e. The van der Waals surface area contributed by atoms with Crippen molar-refractivity contribution in [3.8, 4) is 0 Å². The van der Waals surface area contributed by atoms with Gasteiger partial charge in [-0.25, -0.2) is 9.78 Å². The van der Waals surface area contributed by atoms with Crippen molar-refractivity contribution in [3.05, 3.63) is 65.5 Å². The number of aromatic nitrogens is 2. The van der Waals surface area contributed by atoms with Crippen LogP contribution in [-0.2, 0) is 13.1 Å². The average molecular weight is 377 g/mol. The first kappa shape index (κ1) is 18.5. The summed E-state index contributed by atoms with van der Waals surface area (Å²) >= 11 is 0. The molecule has 0 saturated carbocycles. The fourth-order valence-electron chi connectivity index (χ4n) is 3.94. The zero-order valence-corrected chi connectivity index (χ0v) is 16.7. The summed E-state index contributed by atoms with van der Waals surface area (Å²) in [5.74, 6) is 0.581. The maximum absolute atomic E-state index is 12.4. The minimum absolute atomic E-state index is 0.0430. The number of carbonyl (C=O) groups excluding carboxylic acids is 1. The number of likely N-dealkylation sites (tertiary alicyclic amines) is 1. The van der Waals surface area contributed by atoms with E-state index in [0.717, 1.165) is 43.6 Å². The molecule has 2 aromatic carbocycles. The van der Waals surface area contributed by atoms with Gasteiger partial charge in [0.25, 0.3) is 0 Å². The summed E-state index contributed by atoms with van der Waals surface area (Å²) in [6.07, 6.45) is 4.02. The standard InChI is InChI=1S/C23H28N4O/c1-17-12-21-22(13-18(17)2)27(16-25-21)15-20-8-10-26(11-9-20)23(28)24-14-19-6-4-3-5-7-19/h3-7,12-13,16,20H,8-11,14-15H2,1-2H3,(H,24,28). The lowest BCUT2D eigenvalue weighted by atomic mass is 9.97. The summed E-state index contributed by atoms with van der Waals surface area (Å²) in [7, 11) is 0. The number of carbonyl (C=O) groups is 1. The van der Waals surface area contributed by atoms with E-state index < -0.39 is 0 Å². The lowest BCUT2D eigenvalue weighted by molar-refractivity contribution is 0.165. The van der Waals surface area contributed by atoms with Gasteiger partial charge in [-0.2, -0.15) is 0 Å². The minimum Gasteiger partial charge on any atom is -0.334 e. The summed E-state index contributed by atoms with van der Waals surface area (Å²) in [4.78, 5) is 19.0. The summed E-state index contributed by atoms with van der Waals surface area (Å²) < 4.78 is 2.28. The van der Waals surface area contributed by atoms with E-state index >= 15 is 0 Å². The molecule has 1 N–H and O–H groups in total. The Balaban J connectivity index is 1.31. The number of hydrogen-bond donors (Lipinski definition) is 1. The summed E-state index contributed by atoms with van der Waals surface area (Å²) in [5, 5.41) is 3.04. The molecule has 0 radical (unpaired) electrons. The van der Waals surface area contributed by atoms with E-state index in [4.69, 9.17) is 0 Å². The highest BCUT2D eigenvalue weighted by Crippen LogP contribution is 2.23. The molecule has 1 aliphatic rings. The summed E-state index contributed by atoms with van der Waals surface area (Å²) in [5.41, 5.74) is 6.00. The maximum Gasteiger partial charge on any atom is 0.317 e. The predicted molar refractivity (Wildman–Crippen MR) is 112 cm³/mol. The van der Waals surface area contributed by atoms with Gasteiger partial charge >= 0.3 is 6.03 Å². The van der Waals surface area contributed by atoms with Gasteiger partial charge in [-0.15, -0.1) is 0 Å². The highest BCUT2D eigenvalue weighted by Gasteiger charge is 2.23. The summed E-state index contributed by atoms with van der Waals surface area (Å²) in [6, 6.07) is 14.5. The lowest BCUT2D eigenvalue weighted by Gasteiger charge is -2.32. The Hall–Kier alpha value is -2.82. The quantitative estimate of drug-likeness (QED) is 0.739. The topological polar surface area (TPSA) is 50.2 Å². The van der Waals surface area contributed by atoms with Crippen molar-refractivity contribution in [2.24, 2.45) is 5.92 Å². The van der Waals surface area contributed by atoms with E-state index in [-0.39, 0.29) is 6.03 Å². The Morgan fingerprint density at radius 2 is 1.82 bits per heavy atom. The van der Waals surface area contributed by atoms with Crippen molar-refractivity contribution >= 4 is 17.1 Å². The number of amides is 2. The molecule has 3 aromatic rings. The minimum atomic E-state index is 0.0430. The molecule has 1 saturated heterocycles. The first-order valence-corrected chi connectivity index (χ1v) is 10.1. The Kier molecular flexibility index (Phi) is 5.33. The molecule has 2 amide bonds. The third-order valence-corrected chi connectivity index (χ3v) is 5.88. The number of hydrogen-bond acceptors (Lipinski definition) is 2. The third-order valence-electron chi connectivity index (χ3n) is 5.88. The molecule has 4 rings (SSSR count). The van der Waals surface area contributed by atoms with E-state index in [0.29, 0.717) is 12.5 Å². The molecule has 2 heterocycles. The predicted octanol–water partition coefficient (Wildman–Crippen LogP) is 4.27. The highest BCUT2D eigenvalue weighted by molar-refractivity contribution is 5.77. The van der Waals surface area contributed by atoms with Crippen LogP contribution in [-0.4, -0.2) is 33.6 Å².